The van der Waals surface area contributed by atoms with Gasteiger partial charge in [0.2, 0.25) is 0 Å². The van der Waals surface area contributed by atoms with Gasteiger partial charge in [0.15, 0.2) is 0 Å². The van der Waals surface area contributed by atoms with Gasteiger partial charge in [0.1, 0.15) is 0 Å². The second-order valence-corrected chi connectivity index (χ2v) is 8.13. The lowest BCUT2D eigenvalue weighted by Gasteiger charge is -2.40. The monoisotopic (exact) mass is 401 g/mol. The van der Waals surface area contributed by atoms with E-state index < -0.39 is 0 Å². The van der Waals surface area contributed by atoms with Crippen molar-refractivity contribution in [3.8, 4) is 0 Å². The van der Waals surface area contributed by atoms with Gasteiger partial charge in [-0.2, -0.15) is 0 Å². The molecule has 3 fully saturated rings. The number of halogens is 2. The molecule has 1 aliphatic heterocycles. The van der Waals surface area contributed by atoms with Crippen LogP contribution in [-0.2, 0) is 0 Å². The van der Waals surface area contributed by atoms with E-state index in [0.717, 1.165) is 30.6 Å². The molecular formula is C16H17ClINO. The number of hydrogen-bond donors (Lipinski definition) is 0. The minimum Gasteiger partial charge on any atom is -0.370 e. The van der Waals surface area contributed by atoms with Gasteiger partial charge >= 0.3 is 0 Å². The van der Waals surface area contributed by atoms with Crippen LogP contribution in [0.3, 0.4) is 0 Å². The highest BCUT2D eigenvalue weighted by Crippen LogP contribution is 2.66. The van der Waals surface area contributed by atoms with E-state index in [1.807, 2.05) is 12.1 Å². The first-order valence-corrected chi connectivity index (χ1v) is 8.80. The first kappa shape index (κ1) is 13.4. The van der Waals surface area contributed by atoms with E-state index >= 15 is 0 Å². The standard InChI is InChI=1S/C16H17ClINO/c17-15(20)13-4-3-12(18)7-14(13)19-8-10-1-2-11(9-19)16(10)5-6-16/h3-4,7,10-11H,1-2,5-6,8-9H2/t10-,11+. The van der Waals surface area contributed by atoms with Crippen molar-refractivity contribution in [2.45, 2.75) is 25.7 Å². The average molecular weight is 402 g/mol. The van der Waals surface area contributed by atoms with Crippen LogP contribution in [0.15, 0.2) is 18.2 Å². The van der Waals surface area contributed by atoms with Crippen molar-refractivity contribution in [1.82, 2.24) is 0 Å². The summed E-state index contributed by atoms with van der Waals surface area (Å²) in [6.07, 6.45) is 5.61. The molecule has 2 saturated carbocycles. The molecule has 1 saturated heterocycles. The number of carbonyl (C=O) groups excluding carboxylic acids is 1. The molecule has 20 heavy (non-hydrogen) atoms. The lowest BCUT2D eigenvalue weighted by molar-refractivity contribution is 0.108. The predicted molar refractivity (Wildman–Crippen MR) is 89.4 cm³/mol. The molecule has 1 spiro atoms. The third-order valence-corrected chi connectivity index (χ3v) is 6.59. The van der Waals surface area contributed by atoms with Gasteiger partial charge in [0.05, 0.1) is 5.56 Å². The smallest absolute Gasteiger partial charge is 0.254 e. The van der Waals surface area contributed by atoms with E-state index in [1.165, 1.54) is 29.3 Å². The van der Waals surface area contributed by atoms with Crippen LogP contribution in [0.1, 0.15) is 36.0 Å². The molecule has 0 unspecified atom stereocenters. The summed E-state index contributed by atoms with van der Waals surface area (Å²) in [6.45, 7) is 2.21. The molecule has 4 heteroatoms. The van der Waals surface area contributed by atoms with Crippen molar-refractivity contribution in [1.29, 1.82) is 0 Å². The summed E-state index contributed by atoms with van der Waals surface area (Å²) < 4.78 is 1.17. The fourth-order valence-corrected chi connectivity index (χ4v) is 5.19. The molecule has 0 radical (unpaired) electrons. The minimum atomic E-state index is -0.338. The van der Waals surface area contributed by atoms with Gasteiger partial charge in [-0.15, -0.1) is 0 Å². The van der Waals surface area contributed by atoms with Crippen molar-refractivity contribution in [2.24, 2.45) is 17.3 Å². The van der Waals surface area contributed by atoms with Crippen LogP contribution in [-0.4, -0.2) is 18.3 Å². The third-order valence-electron chi connectivity index (χ3n) is 5.71. The summed E-state index contributed by atoms with van der Waals surface area (Å²) in [5.41, 5.74) is 2.39. The molecule has 1 heterocycles. The number of benzene rings is 1. The summed E-state index contributed by atoms with van der Waals surface area (Å²) in [6, 6.07) is 5.94. The molecule has 2 aliphatic carbocycles. The Morgan fingerprint density at radius 3 is 2.45 bits per heavy atom. The molecule has 4 rings (SSSR count). The second kappa shape index (κ2) is 4.60. The molecule has 106 valence electrons. The largest absolute Gasteiger partial charge is 0.370 e. The number of carbonyl (C=O) groups is 1. The van der Waals surface area contributed by atoms with E-state index in [0.29, 0.717) is 11.0 Å². The molecular weight excluding hydrogens is 385 g/mol. The molecule has 0 N–H and O–H groups in total. The molecule has 2 atom stereocenters. The Bertz CT molecular complexity index is 568. The van der Waals surface area contributed by atoms with Gasteiger partial charge in [-0.25, -0.2) is 0 Å². The van der Waals surface area contributed by atoms with E-state index in [2.05, 4.69) is 33.6 Å². The van der Waals surface area contributed by atoms with Gasteiger partial charge in [-0.05, 0) is 95.3 Å². The number of nitrogens with zero attached hydrogens (tertiary/aromatic N) is 1. The summed E-state index contributed by atoms with van der Waals surface area (Å²) >= 11 is 8.07. The zero-order chi connectivity index (χ0) is 13.9. The minimum absolute atomic E-state index is 0.338. The highest BCUT2D eigenvalue weighted by atomic mass is 127. The fraction of sp³-hybridized carbons (Fsp3) is 0.562. The fourth-order valence-electron chi connectivity index (χ4n) is 4.55. The average Bonchev–Trinajstić information content (AvgIpc) is 3.14. The van der Waals surface area contributed by atoms with Crippen molar-refractivity contribution in [3.63, 3.8) is 0 Å². The van der Waals surface area contributed by atoms with Crippen molar-refractivity contribution >= 4 is 45.1 Å². The lowest BCUT2D eigenvalue weighted by atomic mass is 9.81. The third kappa shape index (κ3) is 1.92. The van der Waals surface area contributed by atoms with E-state index in [9.17, 15) is 4.79 Å². The van der Waals surface area contributed by atoms with Crippen LogP contribution in [0.5, 0.6) is 0 Å². The van der Waals surface area contributed by atoms with Gasteiger partial charge in [0, 0.05) is 22.3 Å². The maximum absolute atomic E-state index is 11.7. The van der Waals surface area contributed by atoms with Gasteiger partial charge in [-0.1, -0.05) is 0 Å². The molecule has 1 aromatic carbocycles. The van der Waals surface area contributed by atoms with Crippen molar-refractivity contribution in [2.75, 3.05) is 18.0 Å². The Morgan fingerprint density at radius 2 is 1.90 bits per heavy atom. The first-order valence-electron chi connectivity index (χ1n) is 7.34. The lowest BCUT2D eigenvalue weighted by Crippen LogP contribution is -2.43. The topological polar surface area (TPSA) is 20.3 Å². The quantitative estimate of drug-likeness (QED) is 0.544. The highest BCUT2D eigenvalue weighted by Gasteiger charge is 2.60. The Hall–Kier alpha value is -0.290. The normalized spacial score (nSPS) is 29.8. The molecule has 2 nitrogen and oxygen atoms in total. The van der Waals surface area contributed by atoms with Crippen LogP contribution in [0.25, 0.3) is 0 Å². The van der Waals surface area contributed by atoms with Crippen LogP contribution >= 0.6 is 34.2 Å². The van der Waals surface area contributed by atoms with Gasteiger partial charge < -0.3 is 4.90 Å². The van der Waals surface area contributed by atoms with E-state index in [-0.39, 0.29) is 5.24 Å². The zero-order valence-electron chi connectivity index (χ0n) is 11.2. The predicted octanol–water partition coefficient (Wildman–Crippen LogP) is 4.30. The second-order valence-electron chi connectivity index (χ2n) is 6.54. The Balaban J connectivity index is 1.69. The van der Waals surface area contributed by atoms with E-state index in [4.69, 9.17) is 11.6 Å². The number of anilines is 1. The number of rotatable bonds is 2. The molecule has 0 amide bonds. The maximum Gasteiger partial charge on any atom is 0.254 e. The van der Waals surface area contributed by atoms with Crippen molar-refractivity contribution in [3.05, 3.63) is 27.3 Å². The highest BCUT2D eigenvalue weighted by molar-refractivity contribution is 14.1. The zero-order valence-corrected chi connectivity index (χ0v) is 14.2. The maximum atomic E-state index is 11.7. The Labute approximate surface area is 138 Å². The van der Waals surface area contributed by atoms with Gasteiger partial charge in [0.25, 0.3) is 5.24 Å². The molecule has 1 aromatic rings. The number of piperidine rings is 1. The first-order chi connectivity index (χ1) is 9.60. The van der Waals surface area contributed by atoms with E-state index in [1.54, 1.807) is 0 Å². The number of hydrogen-bond acceptors (Lipinski definition) is 2. The van der Waals surface area contributed by atoms with Crippen LogP contribution in [0.4, 0.5) is 5.69 Å². The van der Waals surface area contributed by atoms with Crippen LogP contribution in [0, 0.1) is 20.8 Å². The summed E-state index contributed by atoms with van der Waals surface area (Å²) in [5, 5.41) is -0.338. The molecule has 0 aromatic heterocycles. The van der Waals surface area contributed by atoms with Crippen LogP contribution in [0.2, 0.25) is 0 Å². The Morgan fingerprint density at radius 1 is 1.25 bits per heavy atom. The summed E-state index contributed by atoms with van der Waals surface area (Å²) in [4.78, 5) is 14.1. The van der Waals surface area contributed by atoms with Gasteiger partial charge in [-0.3, -0.25) is 4.79 Å². The SMILES string of the molecule is O=C(Cl)c1ccc(I)cc1N1C[C@H]2CC[C@@H](C1)C21CC1. The molecule has 2 bridgehead atoms. The summed E-state index contributed by atoms with van der Waals surface area (Å²) in [7, 11) is 0. The summed E-state index contributed by atoms with van der Waals surface area (Å²) in [5.74, 6) is 1.66. The Kier molecular flexibility index (Phi) is 3.08. The van der Waals surface area contributed by atoms with Crippen molar-refractivity contribution < 1.29 is 4.79 Å². The van der Waals surface area contributed by atoms with Crippen LogP contribution < -0.4 is 4.90 Å². The molecule has 3 aliphatic rings.